The lowest BCUT2D eigenvalue weighted by atomic mass is 9.96. The largest absolute Gasteiger partial charge is 0.392 e. The second-order valence-corrected chi connectivity index (χ2v) is 4.86. The summed E-state index contributed by atoms with van der Waals surface area (Å²) in [5.74, 6) is 0.613. The lowest BCUT2D eigenvalue weighted by molar-refractivity contribution is 0.0427. The van der Waals surface area contributed by atoms with Crippen LogP contribution in [0, 0.1) is 5.92 Å². The van der Waals surface area contributed by atoms with Gasteiger partial charge < -0.3 is 15.2 Å². The van der Waals surface area contributed by atoms with Crippen LogP contribution in [0.4, 0.5) is 0 Å². The van der Waals surface area contributed by atoms with Crippen LogP contribution in [0.25, 0.3) is 0 Å². The number of hydrogen-bond acceptors (Lipinski definition) is 3. The summed E-state index contributed by atoms with van der Waals surface area (Å²) < 4.78 is 5.41. The summed E-state index contributed by atoms with van der Waals surface area (Å²) in [5, 5.41) is 12.9. The Morgan fingerprint density at radius 3 is 2.79 bits per heavy atom. The minimum absolute atomic E-state index is 0.197. The summed E-state index contributed by atoms with van der Waals surface area (Å²) in [4.78, 5) is 0. The third-order valence-corrected chi connectivity index (χ3v) is 3.15. The van der Waals surface area contributed by atoms with E-state index >= 15 is 0 Å². The third kappa shape index (κ3) is 3.56. The molecule has 1 saturated heterocycles. The fraction of sp³-hybridized carbons (Fsp3) is 1.00. The zero-order valence-electron chi connectivity index (χ0n) is 9.55. The van der Waals surface area contributed by atoms with Crippen LogP contribution in [0.1, 0.15) is 33.6 Å². The van der Waals surface area contributed by atoms with Gasteiger partial charge in [-0.25, -0.2) is 0 Å². The first kappa shape index (κ1) is 12.0. The number of aliphatic hydroxyl groups excluding tert-OH is 1. The molecule has 14 heavy (non-hydrogen) atoms. The first-order valence-electron chi connectivity index (χ1n) is 5.53. The van der Waals surface area contributed by atoms with Gasteiger partial charge in [-0.15, -0.1) is 0 Å². The van der Waals surface area contributed by atoms with Crippen molar-refractivity contribution in [3.63, 3.8) is 0 Å². The highest BCUT2D eigenvalue weighted by molar-refractivity contribution is 4.84. The second-order valence-electron chi connectivity index (χ2n) is 4.86. The topological polar surface area (TPSA) is 41.5 Å². The van der Waals surface area contributed by atoms with Gasteiger partial charge in [0.25, 0.3) is 0 Å². The van der Waals surface area contributed by atoms with Gasteiger partial charge in [-0.1, -0.05) is 0 Å². The van der Waals surface area contributed by atoms with Crippen LogP contribution in [-0.2, 0) is 4.74 Å². The summed E-state index contributed by atoms with van der Waals surface area (Å²) in [6.07, 6.45) is 2.08. The smallest absolute Gasteiger partial charge is 0.0688 e. The molecule has 1 fully saturated rings. The summed E-state index contributed by atoms with van der Waals surface area (Å²) in [6, 6.07) is 0. The van der Waals surface area contributed by atoms with Gasteiger partial charge in [0.05, 0.1) is 12.7 Å². The SMILES string of the molecule is CC(O)C(C)(C)NCC1CCCOC1. The van der Waals surface area contributed by atoms with Gasteiger partial charge in [-0.2, -0.15) is 0 Å². The van der Waals surface area contributed by atoms with E-state index in [0.29, 0.717) is 5.92 Å². The molecular weight excluding hydrogens is 178 g/mol. The molecule has 2 N–H and O–H groups in total. The van der Waals surface area contributed by atoms with Crippen LogP contribution in [0.5, 0.6) is 0 Å². The molecular formula is C11H23NO2. The van der Waals surface area contributed by atoms with Crippen LogP contribution >= 0.6 is 0 Å². The van der Waals surface area contributed by atoms with Gasteiger partial charge in [0.2, 0.25) is 0 Å². The standard InChI is InChI=1S/C11H23NO2/c1-9(13)11(2,3)12-7-10-5-4-6-14-8-10/h9-10,12-13H,4-8H2,1-3H3. The van der Waals surface area contributed by atoms with Gasteiger partial charge in [-0.3, -0.25) is 0 Å². The van der Waals surface area contributed by atoms with Crippen LogP contribution in [0.2, 0.25) is 0 Å². The molecule has 3 heteroatoms. The number of aliphatic hydroxyl groups is 1. The molecule has 0 aromatic rings. The molecule has 0 saturated carbocycles. The molecule has 3 nitrogen and oxygen atoms in total. The van der Waals surface area contributed by atoms with E-state index in [1.807, 2.05) is 20.8 Å². The first-order valence-corrected chi connectivity index (χ1v) is 5.53. The molecule has 0 aromatic heterocycles. The molecule has 0 aromatic carbocycles. The van der Waals surface area contributed by atoms with Crippen molar-refractivity contribution in [1.82, 2.24) is 5.32 Å². The van der Waals surface area contributed by atoms with E-state index in [1.165, 1.54) is 12.8 Å². The molecule has 1 aliphatic heterocycles. The molecule has 0 spiro atoms. The molecule has 1 heterocycles. The summed E-state index contributed by atoms with van der Waals surface area (Å²) in [6.45, 7) is 8.60. The molecule has 0 aliphatic carbocycles. The highest BCUT2D eigenvalue weighted by atomic mass is 16.5. The number of rotatable bonds is 4. The van der Waals surface area contributed by atoms with Crippen molar-refractivity contribution in [2.45, 2.75) is 45.3 Å². The van der Waals surface area contributed by atoms with Gasteiger partial charge >= 0.3 is 0 Å². The summed E-state index contributed by atoms with van der Waals surface area (Å²) in [7, 11) is 0. The molecule has 2 unspecified atom stereocenters. The Hall–Kier alpha value is -0.120. The van der Waals surface area contributed by atoms with Crippen LogP contribution in [0.3, 0.4) is 0 Å². The maximum atomic E-state index is 9.52. The highest BCUT2D eigenvalue weighted by Crippen LogP contribution is 2.15. The molecule has 84 valence electrons. The van der Waals surface area contributed by atoms with Crippen molar-refractivity contribution >= 4 is 0 Å². The predicted octanol–water partition coefficient (Wildman–Crippen LogP) is 1.16. The Balaban J connectivity index is 2.24. The second kappa shape index (κ2) is 5.10. The third-order valence-electron chi connectivity index (χ3n) is 3.15. The molecule has 0 radical (unpaired) electrons. The van der Waals surface area contributed by atoms with Crippen molar-refractivity contribution in [3.8, 4) is 0 Å². The maximum Gasteiger partial charge on any atom is 0.0688 e. The van der Waals surface area contributed by atoms with E-state index < -0.39 is 0 Å². The Morgan fingerprint density at radius 1 is 1.57 bits per heavy atom. The molecule has 2 atom stereocenters. The Morgan fingerprint density at radius 2 is 2.29 bits per heavy atom. The van der Waals surface area contributed by atoms with E-state index in [9.17, 15) is 5.11 Å². The molecule has 0 amide bonds. The average Bonchev–Trinajstić information content (AvgIpc) is 2.16. The van der Waals surface area contributed by atoms with Gasteiger partial charge in [0.15, 0.2) is 0 Å². The van der Waals surface area contributed by atoms with Crippen LogP contribution in [-0.4, -0.2) is 36.5 Å². The van der Waals surface area contributed by atoms with E-state index in [0.717, 1.165) is 19.8 Å². The van der Waals surface area contributed by atoms with Crippen molar-refractivity contribution < 1.29 is 9.84 Å². The van der Waals surface area contributed by atoms with Crippen LogP contribution in [0.15, 0.2) is 0 Å². The minimum Gasteiger partial charge on any atom is -0.392 e. The maximum absolute atomic E-state index is 9.52. The van der Waals surface area contributed by atoms with Crippen LogP contribution < -0.4 is 5.32 Å². The van der Waals surface area contributed by atoms with Crippen molar-refractivity contribution in [2.75, 3.05) is 19.8 Å². The minimum atomic E-state index is -0.327. The zero-order chi connectivity index (χ0) is 10.6. The lowest BCUT2D eigenvalue weighted by Crippen LogP contribution is -2.50. The van der Waals surface area contributed by atoms with Crippen molar-refractivity contribution in [2.24, 2.45) is 5.92 Å². The monoisotopic (exact) mass is 201 g/mol. The number of ether oxygens (including phenoxy) is 1. The number of hydrogen-bond donors (Lipinski definition) is 2. The lowest BCUT2D eigenvalue weighted by Gasteiger charge is -2.32. The normalized spacial score (nSPS) is 26.1. The highest BCUT2D eigenvalue weighted by Gasteiger charge is 2.25. The van der Waals surface area contributed by atoms with Gasteiger partial charge in [0, 0.05) is 18.7 Å². The molecule has 1 aliphatic rings. The molecule has 1 rings (SSSR count). The zero-order valence-corrected chi connectivity index (χ0v) is 9.55. The summed E-state index contributed by atoms with van der Waals surface area (Å²) >= 11 is 0. The quantitative estimate of drug-likeness (QED) is 0.717. The van der Waals surface area contributed by atoms with E-state index in [-0.39, 0.29) is 11.6 Å². The average molecular weight is 201 g/mol. The van der Waals surface area contributed by atoms with E-state index in [2.05, 4.69) is 5.32 Å². The Kier molecular flexibility index (Phi) is 4.35. The molecule has 0 bridgehead atoms. The predicted molar refractivity (Wildman–Crippen MR) is 57.3 cm³/mol. The van der Waals surface area contributed by atoms with Gasteiger partial charge in [0.1, 0.15) is 0 Å². The summed E-state index contributed by atoms with van der Waals surface area (Å²) in [5.41, 5.74) is -0.197. The fourth-order valence-electron chi connectivity index (χ4n) is 1.52. The van der Waals surface area contributed by atoms with Crippen molar-refractivity contribution in [3.05, 3.63) is 0 Å². The number of nitrogens with one attached hydrogen (secondary N) is 1. The first-order chi connectivity index (χ1) is 6.52. The Bertz CT molecular complexity index is 163. The Labute approximate surface area is 86.8 Å². The fourth-order valence-corrected chi connectivity index (χ4v) is 1.52. The van der Waals surface area contributed by atoms with Gasteiger partial charge in [-0.05, 0) is 39.5 Å². The van der Waals surface area contributed by atoms with Crippen molar-refractivity contribution in [1.29, 1.82) is 0 Å². The van der Waals surface area contributed by atoms with E-state index in [1.54, 1.807) is 0 Å². The van der Waals surface area contributed by atoms with E-state index in [4.69, 9.17) is 4.74 Å².